The van der Waals surface area contributed by atoms with Crippen molar-refractivity contribution in [3.63, 3.8) is 0 Å². The molecular weight excluding hydrogens is 172 g/mol. The molecule has 0 radical (unpaired) electrons. The Hall–Kier alpha value is -0.980. The van der Waals surface area contributed by atoms with Crippen LogP contribution < -0.4 is 4.74 Å². The highest BCUT2D eigenvalue weighted by molar-refractivity contribution is 5.27. The summed E-state index contributed by atoms with van der Waals surface area (Å²) in [6, 6.07) is 8.22. The molecule has 0 saturated heterocycles. The van der Waals surface area contributed by atoms with Gasteiger partial charge in [-0.1, -0.05) is 32.4 Å². The Kier molecular flexibility index (Phi) is 4.51. The van der Waals surface area contributed by atoms with E-state index in [-0.39, 0.29) is 0 Å². The van der Waals surface area contributed by atoms with Crippen molar-refractivity contribution in [3.05, 3.63) is 29.8 Å². The Morgan fingerprint density at radius 2 is 2.14 bits per heavy atom. The molecule has 0 aliphatic carbocycles. The summed E-state index contributed by atoms with van der Waals surface area (Å²) in [4.78, 5) is 0. The number of hydrogen-bond acceptors (Lipinski definition) is 1. The zero-order chi connectivity index (χ0) is 10.4. The van der Waals surface area contributed by atoms with Gasteiger partial charge in [-0.3, -0.25) is 0 Å². The second kappa shape index (κ2) is 5.69. The minimum atomic E-state index is 0.653. The van der Waals surface area contributed by atoms with Crippen LogP contribution in [0.3, 0.4) is 0 Å². The summed E-state index contributed by atoms with van der Waals surface area (Å²) in [5, 5.41) is 0. The Morgan fingerprint density at radius 3 is 2.79 bits per heavy atom. The molecule has 0 N–H and O–H groups in total. The monoisotopic (exact) mass is 192 g/mol. The molecule has 1 aromatic carbocycles. The summed E-state index contributed by atoms with van der Waals surface area (Å²) in [6.07, 6.45) is 2.48. The second-order valence-corrected chi connectivity index (χ2v) is 4.02. The molecule has 0 spiro atoms. The molecule has 0 aliphatic rings. The zero-order valence-electron chi connectivity index (χ0n) is 9.42. The lowest BCUT2D eigenvalue weighted by Gasteiger charge is -2.12. The Morgan fingerprint density at radius 1 is 1.36 bits per heavy atom. The van der Waals surface area contributed by atoms with Gasteiger partial charge in [0.15, 0.2) is 0 Å². The lowest BCUT2D eigenvalue weighted by molar-refractivity contribution is 0.251. The highest BCUT2D eigenvalue weighted by Crippen LogP contribution is 2.14. The molecule has 78 valence electrons. The highest BCUT2D eigenvalue weighted by Gasteiger charge is 2.01. The van der Waals surface area contributed by atoms with E-state index in [1.165, 1.54) is 18.4 Å². The van der Waals surface area contributed by atoms with Crippen LogP contribution in [0.4, 0.5) is 0 Å². The van der Waals surface area contributed by atoms with Gasteiger partial charge in [0.1, 0.15) is 5.75 Å². The van der Waals surface area contributed by atoms with E-state index in [0.29, 0.717) is 5.92 Å². The molecular formula is C13H20O. The van der Waals surface area contributed by atoms with Crippen LogP contribution in [0, 0.1) is 12.8 Å². The molecule has 0 aliphatic heterocycles. The average molecular weight is 192 g/mol. The molecule has 1 atom stereocenters. The van der Waals surface area contributed by atoms with Crippen LogP contribution >= 0.6 is 0 Å². The SMILES string of the molecule is CCCC(C)COc1cccc(C)c1. The van der Waals surface area contributed by atoms with Gasteiger partial charge in [-0.05, 0) is 37.0 Å². The van der Waals surface area contributed by atoms with E-state index >= 15 is 0 Å². The summed E-state index contributed by atoms with van der Waals surface area (Å²) in [5.41, 5.74) is 1.26. The van der Waals surface area contributed by atoms with Crippen molar-refractivity contribution < 1.29 is 4.74 Å². The quantitative estimate of drug-likeness (QED) is 0.689. The van der Waals surface area contributed by atoms with Gasteiger partial charge < -0.3 is 4.74 Å². The first-order valence-corrected chi connectivity index (χ1v) is 5.42. The standard InChI is InChI=1S/C13H20O/c1-4-6-12(3)10-14-13-8-5-7-11(2)9-13/h5,7-9,12H,4,6,10H2,1-3H3. The minimum Gasteiger partial charge on any atom is -0.493 e. The molecule has 1 unspecified atom stereocenters. The smallest absolute Gasteiger partial charge is 0.119 e. The molecule has 0 bridgehead atoms. The number of benzene rings is 1. The molecule has 0 aromatic heterocycles. The van der Waals surface area contributed by atoms with Gasteiger partial charge in [-0.25, -0.2) is 0 Å². The van der Waals surface area contributed by atoms with Crippen molar-refractivity contribution in [2.75, 3.05) is 6.61 Å². The molecule has 1 rings (SSSR count). The van der Waals surface area contributed by atoms with Gasteiger partial charge in [0, 0.05) is 0 Å². The van der Waals surface area contributed by atoms with Crippen LogP contribution in [0.5, 0.6) is 5.75 Å². The summed E-state index contributed by atoms with van der Waals surface area (Å²) < 4.78 is 5.70. The third-order valence-corrected chi connectivity index (χ3v) is 2.31. The van der Waals surface area contributed by atoms with Crippen LogP contribution in [-0.2, 0) is 0 Å². The van der Waals surface area contributed by atoms with E-state index in [1.807, 2.05) is 12.1 Å². The fourth-order valence-corrected chi connectivity index (χ4v) is 1.52. The molecule has 0 fully saturated rings. The maximum absolute atomic E-state index is 5.70. The van der Waals surface area contributed by atoms with Gasteiger partial charge in [0.05, 0.1) is 6.61 Å². The van der Waals surface area contributed by atoms with Crippen molar-refractivity contribution in [2.45, 2.75) is 33.6 Å². The Bertz CT molecular complexity index is 268. The third-order valence-electron chi connectivity index (χ3n) is 2.31. The molecule has 0 heterocycles. The van der Waals surface area contributed by atoms with E-state index in [0.717, 1.165) is 12.4 Å². The largest absolute Gasteiger partial charge is 0.493 e. The van der Waals surface area contributed by atoms with Crippen molar-refractivity contribution in [1.82, 2.24) is 0 Å². The average Bonchev–Trinajstić information content (AvgIpc) is 2.15. The second-order valence-electron chi connectivity index (χ2n) is 4.02. The van der Waals surface area contributed by atoms with Crippen LogP contribution in [0.25, 0.3) is 0 Å². The van der Waals surface area contributed by atoms with Gasteiger partial charge in [0.25, 0.3) is 0 Å². The molecule has 0 saturated carbocycles. The van der Waals surface area contributed by atoms with Gasteiger partial charge >= 0.3 is 0 Å². The van der Waals surface area contributed by atoms with Gasteiger partial charge in [-0.2, -0.15) is 0 Å². The van der Waals surface area contributed by atoms with E-state index in [4.69, 9.17) is 4.74 Å². The zero-order valence-corrected chi connectivity index (χ0v) is 9.42. The molecule has 1 heteroatoms. The molecule has 1 aromatic rings. The van der Waals surface area contributed by atoms with E-state index in [1.54, 1.807) is 0 Å². The Balaban J connectivity index is 2.37. The van der Waals surface area contributed by atoms with Crippen LogP contribution in [0.1, 0.15) is 32.3 Å². The minimum absolute atomic E-state index is 0.653. The number of hydrogen-bond donors (Lipinski definition) is 0. The normalized spacial score (nSPS) is 12.5. The fraction of sp³-hybridized carbons (Fsp3) is 0.538. The number of rotatable bonds is 5. The Labute approximate surface area is 87.1 Å². The van der Waals surface area contributed by atoms with E-state index in [2.05, 4.69) is 32.9 Å². The summed E-state index contributed by atoms with van der Waals surface area (Å²) >= 11 is 0. The highest BCUT2D eigenvalue weighted by atomic mass is 16.5. The van der Waals surface area contributed by atoms with Gasteiger partial charge in [-0.15, -0.1) is 0 Å². The molecule has 0 amide bonds. The number of ether oxygens (including phenoxy) is 1. The maximum atomic E-state index is 5.70. The van der Waals surface area contributed by atoms with Crippen molar-refractivity contribution in [1.29, 1.82) is 0 Å². The van der Waals surface area contributed by atoms with Crippen LogP contribution in [0.2, 0.25) is 0 Å². The first-order chi connectivity index (χ1) is 6.72. The lowest BCUT2D eigenvalue weighted by Crippen LogP contribution is -2.08. The lowest BCUT2D eigenvalue weighted by atomic mass is 10.1. The summed E-state index contributed by atoms with van der Waals surface area (Å²) in [5.74, 6) is 1.65. The topological polar surface area (TPSA) is 9.23 Å². The van der Waals surface area contributed by atoms with Crippen molar-refractivity contribution in [3.8, 4) is 5.75 Å². The summed E-state index contributed by atoms with van der Waals surface area (Å²) in [6.45, 7) is 7.36. The van der Waals surface area contributed by atoms with E-state index in [9.17, 15) is 0 Å². The summed E-state index contributed by atoms with van der Waals surface area (Å²) in [7, 11) is 0. The van der Waals surface area contributed by atoms with Crippen molar-refractivity contribution >= 4 is 0 Å². The van der Waals surface area contributed by atoms with Crippen LogP contribution in [0.15, 0.2) is 24.3 Å². The van der Waals surface area contributed by atoms with E-state index < -0.39 is 0 Å². The van der Waals surface area contributed by atoms with Crippen LogP contribution in [-0.4, -0.2) is 6.61 Å². The van der Waals surface area contributed by atoms with Gasteiger partial charge in [0.2, 0.25) is 0 Å². The predicted octanol–water partition coefficient (Wildman–Crippen LogP) is 3.81. The molecule has 14 heavy (non-hydrogen) atoms. The molecule has 1 nitrogen and oxygen atoms in total. The first kappa shape index (κ1) is 11.1. The number of aryl methyl sites for hydroxylation is 1. The maximum Gasteiger partial charge on any atom is 0.119 e. The van der Waals surface area contributed by atoms with Crippen molar-refractivity contribution in [2.24, 2.45) is 5.92 Å². The fourth-order valence-electron chi connectivity index (χ4n) is 1.52. The first-order valence-electron chi connectivity index (χ1n) is 5.42. The third kappa shape index (κ3) is 3.82. The predicted molar refractivity (Wildman–Crippen MR) is 60.7 cm³/mol.